The third kappa shape index (κ3) is 2.99. The Morgan fingerprint density at radius 2 is 2.00 bits per heavy atom. The van der Waals surface area contributed by atoms with Crippen molar-refractivity contribution < 1.29 is 0 Å². The predicted molar refractivity (Wildman–Crippen MR) is 82.2 cm³/mol. The number of benzene rings is 1. The SMILES string of the molecule is Clc1cccc(-c2cnc(CN3CCNCC3)[nH]2)c1Cl. The zero-order valence-corrected chi connectivity index (χ0v) is 12.5. The van der Waals surface area contributed by atoms with Crippen LogP contribution in [0.15, 0.2) is 24.4 Å². The number of hydrogen-bond donors (Lipinski definition) is 2. The van der Waals surface area contributed by atoms with Gasteiger partial charge < -0.3 is 10.3 Å². The molecule has 20 heavy (non-hydrogen) atoms. The lowest BCUT2D eigenvalue weighted by Crippen LogP contribution is -2.43. The van der Waals surface area contributed by atoms with Gasteiger partial charge in [-0.15, -0.1) is 0 Å². The zero-order valence-electron chi connectivity index (χ0n) is 11.0. The van der Waals surface area contributed by atoms with Crippen LogP contribution in [0.5, 0.6) is 0 Å². The number of H-pyrrole nitrogens is 1. The summed E-state index contributed by atoms with van der Waals surface area (Å²) >= 11 is 12.3. The Kier molecular flexibility index (Phi) is 4.27. The first kappa shape index (κ1) is 13.9. The van der Waals surface area contributed by atoms with Crippen molar-refractivity contribution in [2.75, 3.05) is 26.2 Å². The Labute approximate surface area is 128 Å². The second kappa shape index (κ2) is 6.14. The maximum Gasteiger partial charge on any atom is 0.120 e. The summed E-state index contributed by atoms with van der Waals surface area (Å²) in [5.74, 6) is 0.956. The van der Waals surface area contributed by atoms with Crippen molar-refractivity contribution in [2.45, 2.75) is 6.54 Å². The molecule has 6 heteroatoms. The number of hydrogen-bond acceptors (Lipinski definition) is 3. The van der Waals surface area contributed by atoms with E-state index in [-0.39, 0.29) is 0 Å². The summed E-state index contributed by atoms with van der Waals surface area (Å²) < 4.78 is 0. The summed E-state index contributed by atoms with van der Waals surface area (Å²) in [6.07, 6.45) is 1.81. The van der Waals surface area contributed by atoms with Crippen molar-refractivity contribution in [2.24, 2.45) is 0 Å². The topological polar surface area (TPSA) is 44.0 Å². The van der Waals surface area contributed by atoms with Crippen LogP contribution in [-0.4, -0.2) is 41.0 Å². The first-order valence-electron chi connectivity index (χ1n) is 6.65. The van der Waals surface area contributed by atoms with E-state index in [1.807, 2.05) is 18.3 Å². The molecule has 0 unspecified atom stereocenters. The van der Waals surface area contributed by atoms with Crippen molar-refractivity contribution in [3.8, 4) is 11.3 Å². The molecule has 0 spiro atoms. The van der Waals surface area contributed by atoms with Gasteiger partial charge in [0.2, 0.25) is 0 Å². The molecule has 0 bridgehead atoms. The largest absolute Gasteiger partial charge is 0.341 e. The fourth-order valence-electron chi connectivity index (χ4n) is 2.37. The van der Waals surface area contributed by atoms with Crippen LogP contribution in [-0.2, 0) is 6.54 Å². The first-order chi connectivity index (χ1) is 9.74. The smallest absolute Gasteiger partial charge is 0.120 e. The van der Waals surface area contributed by atoms with Gasteiger partial charge in [0.25, 0.3) is 0 Å². The lowest BCUT2D eigenvalue weighted by Gasteiger charge is -2.26. The Hall–Kier alpha value is -1.07. The molecule has 1 aliphatic heterocycles. The third-order valence-corrected chi connectivity index (χ3v) is 4.27. The van der Waals surface area contributed by atoms with Crippen molar-refractivity contribution >= 4 is 23.2 Å². The van der Waals surface area contributed by atoms with E-state index >= 15 is 0 Å². The van der Waals surface area contributed by atoms with Crippen molar-refractivity contribution in [3.05, 3.63) is 40.3 Å². The second-order valence-corrected chi connectivity index (χ2v) is 5.66. The molecule has 2 N–H and O–H groups in total. The van der Waals surface area contributed by atoms with Crippen molar-refractivity contribution in [1.29, 1.82) is 0 Å². The van der Waals surface area contributed by atoms with Gasteiger partial charge >= 0.3 is 0 Å². The van der Waals surface area contributed by atoms with Crippen LogP contribution in [0.2, 0.25) is 10.0 Å². The first-order valence-corrected chi connectivity index (χ1v) is 7.41. The van der Waals surface area contributed by atoms with Gasteiger partial charge in [-0.05, 0) is 6.07 Å². The highest BCUT2D eigenvalue weighted by atomic mass is 35.5. The molecule has 1 fully saturated rings. The van der Waals surface area contributed by atoms with Crippen molar-refractivity contribution in [1.82, 2.24) is 20.2 Å². The maximum absolute atomic E-state index is 6.23. The van der Waals surface area contributed by atoms with Gasteiger partial charge in [-0.1, -0.05) is 35.3 Å². The number of rotatable bonds is 3. The number of piperazine rings is 1. The number of halogens is 2. The van der Waals surface area contributed by atoms with E-state index < -0.39 is 0 Å². The Bertz CT molecular complexity index is 591. The molecule has 3 rings (SSSR count). The maximum atomic E-state index is 6.23. The van der Waals surface area contributed by atoms with E-state index in [1.165, 1.54) is 0 Å². The molecule has 4 nitrogen and oxygen atoms in total. The highest BCUT2D eigenvalue weighted by Gasteiger charge is 2.13. The van der Waals surface area contributed by atoms with E-state index in [9.17, 15) is 0 Å². The monoisotopic (exact) mass is 310 g/mol. The molecule has 0 atom stereocenters. The average Bonchev–Trinajstić information content (AvgIpc) is 2.91. The highest BCUT2D eigenvalue weighted by Crippen LogP contribution is 2.32. The highest BCUT2D eigenvalue weighted by molar-refractivity contribution is 6.43. The van der Waals surface area contributed by atoms with E-state index in [2.05, 4.69) is 20.2 Å². The van der Waals surface area contributed by atoms with Crippen LogP contribution < -0.4 is 5.32 Å². The van der Waals surface area contributed by atoms with Crippen LogP contribution in [0, 0.1) is 0 Å². The number of nitrogens with zero attached hydrogens (tertiary/aromatic N) is 2. The minimum Gasteiger partial charge on any atom is -0.341 e. The van der Waals surface area contributed by atoms with Gasteiger partial charge in [0.05, 0.1) is 28.5 Å². The molecular formula is C14H16Cl2N4. The molecular weight excluding hydrogens is 295 g/mol. The van der Waals surface area contributed by atoms with Gasteiger partial charge in [-0.25, -0.2) is 4.98 Å². The van der Waals surface area contributed by atoms with E-state index in [0.29, 0.717) is 10.0 Å². The van der Waals surface area contributed by atoms with Crippen LogP contribution in [0.4, 0.5) is 0 Å². The van der Waals surface area contributed by atoms with E-state index in [0.717, 1.165) is 49.8 Å². The summed E-state index contributed by atoms with van der Waals surface area (Å²) in [6, 6.07) is 5.61. The van der Waals surface area contributed by atoms with Gasteiger partial charge in [0.1, 0.15) is 5.82 Å². The van der Waals surface area contributed by atoms with E-state index in [1.54, 1.807) is 6.07 Å². The summed E-state index contributed by atoms with van der Waals surface area (Å²) in [5, 5.41) is 4.46. The van der Waals surface area contributed by atoms with Gasteiger partial charge in [0, 0.05) is 31.7 Å². The summed E-state index contributed by atoms with van der Waals surface area (Å²) in [5.41, 5.74) is 1.79. The van der Waals surface area contributed by atoms with Crippen LogP contribution in [0.25, 0.3) is 11.3 Å². The fourth-order valence-corrected chi connectivity index (χ4v) is 2.77. The lowest BCUT2D eigenvalue weighted by molar-refractivity contribution is 0.228. The Morgan fingerprint density at radius 3 is 2.80 bits per heavy atom. The number of aromatic amines is 1. The fraction of sp³-hybridized carbons (Fsp3) is 0.357. The summed E-state index contributed by atoms with van der Waals surface area (Å²) in [6.45, 7) is 5.00. The normalized spacial score (nSPS) is 16.5. The molecule has 2 heterocycles. The molecule has 1 saturated heterocycles. The Morgan fingerprint density at radius 1 is 1.20 bits per heavy atom. The van der Waals surface area contributed by atoms with Gasteiger partial charge in [-0.3, -0.25) is 4.90 Å². The number of nitrogens with one attached hydrogen (secondary N) is 2. The molecule has 0 amide bonds. The number of imidazole rings is 1. The standard InChI is InChI=1S/C14H16Cl2N4/c15-11-3-1-2-10(14(11)16)12-8-18-13(19-12)9-20-6-4-17-5-7-20/h1-3,8,17H,4-7,9H2,(H,18,19). The molecule has 0 radical (unpaired) electrons. The van der Waals surface area contributed by atoms with Crippen LogP contribution in [0.3, 0.4) is 0 Å². The molecule has 1 aromatic heterocycles. The Balaban J connectivity index is 1.77. The number of aromatic nitrogens is 2. The minimum atomic E-state index is 0.558. The molecule has 106 valence electrons. The quantitative estimate of drug-likeness (QED) is 0.916. The average molecular weight is 311 g/mol. The minimum absolute atomic E-state index is 0.558. The molecule has 2 aromatic rings. The molecule has 1 aliphatic rings. The summed E-state index contributed by atoms with van der Waals surface area (Å²) in [4.78, 5) is 10.1. The molecule has 0 saturated carbocycles. The predicted octanol–water partition coefficient (Wildman–Crippen LogP) is 2.79. The van der Waals surface area contributed by atoms with Crippen LogP contribution in [0.1, 0.15) is 5.82 Å². The van der Waals surface area contributed by atoms with Crippen molar-refractivity contribution in [3.63, 3.8) is 0 Å². The second-order valence-electron chi connectivity index (χ2n) is 4.87. The van der Waals surface area contributed by atoms with Gasteiger partial charge in [0.15, 0.2) is 0 Å². The zero-order chi connectivity index (χ0) is 13.9. The molecule has 1 aromatic carbocycles. The van der Waals surface area contributed by atoms with Gasteiger partial charge in [-0.2, -0.15) is 0 Å². The van der Waals surface area contributed by atoms with E-state index in [4.69, 9.17) is 23.2 Å². The molecule has 0 aliphatic carbocycles. The van der Waals surface area contributed by atoms with Crippen LogP contribution >= 0.6 is 23.2 Å². The lowest BCUT2D eigenvalue weighted by atomic mass is 10.2. The third-order valence-electron chi connectivity index (χ3n) is 3.45. The summed E-state index contributed by atoms with van der Waals surface area (Å²) in [7, 11) is 0.